The van der Waals surface area contributed by atoms with Crippen LogP contribution in [-0.2, 0) is 17.9 Å². The Balaban J connectivity index is 1.69. The fourth-order valence-corrected chi connectivity index (χ4v) is 2.24. The molecule has 0 unspecified atom stereocenters. The van der Waals surface area contributed by atoms with Gasteiger partial charge in [0, 0.05) is 0 Å². The van der Waals surface area contributed by atoms with E-state index in [-0.39, 0.29) is 0 Å². The lowest BCUT2D eigenvalue weighted by Crippen LogP contribution is -2.13. The fourth-order valence-electron chi connectivity index (χ4n) is 2.24. The highest BCUT2D eigenvalue weighted by molar-refractivity contribution is 5.06. The zero-order valence-electron chi connectivity index (χ0n) is 10.7. The van der Waals surface area contributed by atoms with E-state index in [1.54, 1.807) is 0 Å². The maximum absolute atomic E-state index is 5.81. The van der Waals surface area contributed by atoms with Crippen molar-refractivity contribution in [2.24, 2.45) is 0 Å². The lowest BCUT2D eigenvalue weighted by Gasteiger charge is -2.08. The molecule has 17 heavy (non-hydrogen) atoms. The third-order valence-electron chi connectivity index (χ3n) is 3.21. The molecule has 3 heteroatoms. The first kappa shape index (κ1) is 12.7. The van der Waals surface area contributed by atoms with Crippen LogP contribution in [0.1, 0.15) is 50.5 Å². The topological polar surface area (TPSA) is 34.4 Å². The summed E-state index contributed by atoms with van der Waals surface area (Å²) in [5.74, 6) is 1.95. The predicted molar refractivity (Wildman–Crippen MR) is 67.8 cm³/mol. The SMILES string of the molecule is CCCNCc1ccc(COC2CCCC2)o1. The third kappa shape index (κ3) is 4.17. The minimum absolute atomic E-state index is 0.460. The van der Waals surface area contributed by atoms with E-state index in [1.807, 2.05) is 12.1 Å². The van der Waals surface area contributed by atoms with Gasteiger partial charge in [-0.25, -0.2) is 0 Å². The summed E-state index contributed by atoms with van der Waals surface area (Å²) in [5.41, 5.74) is 0. The van der Waals surface area contributed by atoms with Crippen molar-refractivity contribution in [2.75, 3.05) is 6.54 Å². The van der Waals surface area contributed by atoms with Crippen molar-refractivity contribution in [3.63, 3.8) is 0 Å². The number of hydrogen-bond acceptors (Lipinski definition) is 3. The molecule has 1 aromatic rings. The van der Waals surface area contributed by atoms with Crippen LogP contribution >= 0.6 is 0 Å². The second-order valence-electron chi connectivity index (χ2n) is 4.76. The van der Waals surface area contributed by atoms with Crippen molar-refractivity contribution >= 4 is 0 Å². The van der Waals surface area contributed by atoms with Gasteiger partial charge in [-0.15, -0.1) is 0 Å². The fraction of sp³-hybridized carbons (Fsp3) is 0.714. The summed E-state index contributed by atoms with van der Waals surface area (Å²) in [6, 6.07) is 4.06. The maximum atomic E-state index is 5.81. The van der Waals surface area contributed by atoms with E-state index in [9.17, 15) is 0 Å². The largest absolute Gasteiger partial charge is 0.462 e. The van der Waals surface area contributed by atoms with Crippen LogP contribution in [0.15, 0.2) is 16.5 Å². The van der Waals surface area contributed by atoms with Gasteiger partial charge in [-0.2, -0.15) is 0 Å². The zero-order valence-corrected chi connectivity index (χ0v) is 10.7. The average Bonchev–Trinajstić information content (AvgIpc) is 2.98. The molecule has 2 rings (SSSR count). The Morgan fingerprint density at radius 2 is 2.06 bits per heavy atom. The van der Waals surface area contributed by atoms with E-state index in [0.717, 1.165) is 31.0 Å². The first-order valence-electron chi connectivity index (χ1n) is 6.78. The van der Waals surface area contributed by atoms with Crippen LogP contribution in [0.2, 0.25) is 0 Å². The number of rotatable bonds is 7. The molecule has 1 N–H and O–H groups in total. The number of hydrogen-bond donors (Lipinski definition) is 1. The molecular formula is C14H23NO2. The van der Waals surface area contributed by atoms with Gasteiger partial charge in [0.25, 0.3) is 0 Å². The molecule has 96 valence electrons. The smallest absolute Gasteiger partial charge is 0.129 e. The molecule has 0 aromatic carbocycles. The molecule has 1 aliphatic carbocycles. The molecule has 1 fully saturated rings. The predicted octanol–water partition coefficient (Wildman–Crippen LogP) is 3.24. The Morgan fingerprint density at radius 1 is 1.29 bits per heavy atom. The standard InChI is InChI=1S/C14H23NO2/c1-2-9-15-10-13-7-8-14(17-13)11-16-12-5-3-4-6-12/h7-8,12,15H,2-6,9-11H2,1H3. The molecule has 0 atom stereocenters. The van der Waals surface area contributed by atoms with Crippen LogP contribution < -0.4 is 5.32 Å². The summed E-state index contributed by atoms with van der Waals surface area (Å²) >= 11 is 0. The van der Waals surface area contributed by atoms with Gasteiger partial charge in [-0.3, -0.25) is 0 Å². The Labute approximate surface area is 104 Å². The van der Waals surface area contributed by atoms with Gasteiger partial charge < -0.3 is 14.5 Å². The van der Waals surface area contributed by atoms with Crippen LogP contribution in [0.5, 0.6) is 0 Å². The van der Waals surface area contributed by atoms with E-state index >= 15 is 0 Å². The van der Waals surface area contributed by atoms with Gasteiger partial charge in [0.15, 0.2) is 0 Å². The maximum Gasteiger partial charge on any atom is 0.129 e. The summed E-state index contributed by atoms with van der Waals surface area (Å²) < 4.78 is 11.5. The first-order chi connectivity index (χ1) is 8.38. The minimum Gasteiger partial charge on any atom is -0.462 e. The van der Waals surface area contributed by atoms with Crippen molar-refractivity contribution < 1.29 is 9.15 Å². The number of nitrogens with one attached hydrogen (secondary N) is 1. The first-order valence-corrected chi connectivity index (χ1v) is 6.78. The monoisotopic (exact) mass is 237 g/mol. The number of furan rings is 1. The van der Waals surface area contributed by atoms with Crippen molar-refractivity contribution in [1.29, 1.82) is 0 Å². The Bertz CT molecular complexity index is 316. The van der Waals surface area contributed by atoms with Crippen LogP contribution in [0.25, 0.3) is 0 Å². The molecule has 1 heterocycles. The molecule has 0 saturated heterocycles. The van der Waals surface area contributed by atoms with Gasteiger partial charge in [0.05, 0.1) is 12.6 Å². The van der Waals surface area contributed by atoms with Crippen molar-refractivity contribution in [1.82, 2.24) is 5.32 Å². The highest BCUT2D eigenvalue weighted by Crippen LogP contribution is 2.22. The number of ether oxygens (including phenoxy) is 1. The van der Waals surface area contributed by atoms with E-state index < -0.39 is 0 Å². The molecule has 0 bridgehead atoms. The van der Waals surface area contributed by atoms with E-state index in [2.05, 4.69) is 12.2 Å². The summed E-state index contributed by atoms with van der Waals surface area (Å²) in [4.78, 5) is 0. The second-order valence-corrected chi connectivity index (χ2v) is 4.76. The lowest BCUT2D eigenvalue weighted by atomic mass is 10.3. The van der Waals surface area contributed by atoms with Gasteiger partial charge in [0.2, 0.25) is 0 Å². The highest BCUT2D eigenvalue weighted by atomic mass is 16.5. The van der Waals surface area contributed by atoms with Crippen molar-refractivity contribution in [3.8, 4) is 0 Å². The Morgan fingerprint density at radius 3 is 2.82 bits per heavy atom. The Hall–Kier alpha value is -0.800. The highest BCUT2D eigenvalue weighted by Gasteiger charge is 2.15. The van der Waals surface area contributed by atoms with Crippen LogP contribution in [-0.4, -0.2) is 12.6 Å². The van der Waals surface area contributed by atoms with Crippen molar-refractivity contribution in [3.05, 3.63) is 23.7 Å². The van der Waals surface area contributed by atoms with Gasteiger partial charge in [0.1, 0.15) is 18.1 Å². The lowest BCUT2D eigenvalue weighted by molar-refractivity contribution is 0.0352. The molecule has 1 aliphatic rings. The molecule has 1 saturated carbocycles. The molecule has 0 radical (unpaired) electrons. The summed E-state index contributed by atoms with van der Waals surface area (Å²) in [6.07, 6.45) is 6.67. The average molecular weight is 237 g/mol. The third-order valence-corrected chi connectivity index (χ3v) is 3.21. The molecular weight excluding hydrogens is 214 g/mol. The summed E-state index contributed by atoms with van der Waals surface area (Å²) in [5, 5.41) is 3.33. The van der Waals surface area contributed by atoms with E-state index in [0.29, 0.717) is 12.7 Å². The van der Waals surface area contributed by atoms with Crippen LogP contribution in [0, 0.1) is 0 Å². The molecule has 0 aliphatic heterocycles. The zero-order chi connectivity index (χ0) is 11.9. The summed E-state index contributed by atoms with van der Waals surface area (Å²) in [7, 11) is 0. The van der Waals surface area contributed by atoms with E-state index in [1.165, 1.54) is 25.7 Å². The quantitative estimate of drug-likeness (QED) is 0.739. The molecule has 3 nitrogen and oxygen atoms in total. The van der Waals surface area contributed by atoms with E-state index in [4.69, 9.17) is 9.15 Å². The van der Waals surface area contributed by atoms with Gasteiger partial charge in [-0.1, -0.05) is 19.8 Å². The molecule has 1 aromatic heterocycles. The van der Waals surface area contributed by atoms with Crippen LogP contribution in [0.4, 0.5) is 0 Å². The summed E-state index contributed by atoms with van der Waals surface area (Å²) in [6.45, 7) is 4.64. The second kappa shape index (κ2) is 6.82. The molecule has 0 amide bonds. The normalized spacial score (nSPS) is 16.8. The van der Waals surface area contributed by atoms with Gasteiger partial charge in [-0.05, 0) is 37.9 Å². The minimum atomic E-state index is 0.460. The Kier molecular flexibility index (Phi) is 5.08. The molecule has 0 spiro atoms. The van der Waals surface area contributed by atoms with Crippen LogP contribution in [0.3, 0.4) is 0 Å². The van der Waals surface area contributed by atoms with Gasteiger partial charge >= 0.3 is 0 Å². The van der Waals surface area contributed by atoms with Crippen molar-refractivity contribution in [2.45, 2.75) is 58.3 Å².